The van der Waals surface area contributed by atoms with Gasteiger partial charge in [0.05, 0.1) is 12.5 Å². The molecule has 1 saturated carbocycles. The Morgan fingerprint density at radius 2 is 2.16 bits per heavy atom. The number of benzene rings is 1. The lowest BCUT2D eigenvalue weighted by Crippen LogP contribution is -2.62. The molecule has 0 heterocycles. The summed E-state index contributed by atoms with van der Waals surface area (Å²) in [6, 6.07) is 7.05. The van der Waals surface area contributed by atoms with Crippen molar-refractivity contribution in [1.82, 2.24) is 5.32 Å². The molecule has 0 aliphatic heterocycles. The van der Waals surface area contributed by atoms with Gasteiger partial charge in [0.2, 0.25) is 5.91 Å². The molecule has 0 saturated heterocycles. The molecule has 19 heavy (non-hydrogen) atoms. The summed E-state index contributed by atoms with van der Waals surface area (Å²) >= 11 is 0. The quantitative estimate of drug-likeness (QED) is 0.871. The standard InChI is InChI=1S/C15H21NO3/c1-15(2)12(9-13(15)19-3)16-14(18)8-10-6-4-5-7-11(10)17/h4-7,12-13,17H,8-9H2,1-3H3,(H,16,18). The molecular weight excluding hydrogens is 242 g/mol. The Labute approximate surface area is 113 Å². The molecule has 2 rings (SSSR count). The number of carbonyl (C=O) groups is 1. The molecule has 1 fully saturated rings. The lowest BCUT2D eigenvalue weighted by atomic mass is 9.64. The highest BCUT2D eigenvalue weighted by atomic mass is 16.5. The minimum atomic E-state index is -0.0610. The van der Waals surface area contributed by atoms with Crippen molar-refractivity contribution < 1.29 is 14.6 Å². The van der Waals surface area contributed by atoms with E-state index in [1.54, 1.807) is 25.3 Å². The van der Waals surface area contributed by atoms with Gasteiger partial charge in [-0.3, -0.25) is 4.79 Å². The topological polar surface area (TPSA) is 58.6 Å². The molecule has 0 aromatic heterocycles. The molecule has 0 radical (unpaired) electrons. The van der Waals surface area contributed by atoms with Gasteiger partial charge in [0.25, 0.3) is 0 Å². The normalized spacial score (nSPS) is 24.6. The van der Waals surface area contributed by atoms with Crippen LogP contribution in [0.5, 0.6) is 5.75 Å². The molecule has 1 amide bonds. The van der Waals surface area contributed by atoms with E-state index in [9.17, 15) is 9.90 Å². The lowest BCUT2D eigenvalue weighted by Gasteiger charge is -2.51. The average Bonchev–Trinajstić information content (AvgIpc) is 2.37. The molecule has 1 aromatic carbocycles. The summed E-state index contributed by atoms with van der Waals surface area (Å²) in [5.41, 5.74) is 0.615. The minimum absolute atomic E-state index is 0.0385. The van der Waals surface area contributed by atoms with Crippen LogP contribution in [0.4, 0.5) is 0 Å². The van der Waals surface area contributed by atoms with Crippen LogP contribution in [0.1, 0.15) is 25.8 Å². The fourth-order valence-electron chi connectivity index (χ4n) is 2.61. The Bertz CT molecular complexity index is 470. The Kier molecular flexibility index (Phi) is 3.80. The molecular formula is C15H21NO3. The lowest BCUT2D eigenvalue weighted by molar-refractivity contribution is -0.132. The van der Waals surface area contributed by atoms with E-state index >= 15 is 0 Å². The van der Waals surface area contributed by atoms with Gasteiger partial charge in [0, 0.05) is 24.1 Å². The van der Waals surface area contributed by atoms with Gasteiger partial charge in [-0.1, -0.05) is 32.0 Å². The molecule has 4 nitrogen and oxygen atoms in total. The third-order valence-electron chi connectivity index (χ3n) is 4.14. The Morgan fingerprint density at radius 3 is 2.74 bits per heavy atom. The largest absolute Gasteiger partial charge is 0.508 e. The third-order valence-corrected chi connectivity index (χ3v) is 4.14. The summed E-state index contributed by atoms with van der Waals surface area (Å²) < 4.78 is 5.36. The first-order chi connectivity index (χ1) is 8.95. The first kappa shape index (κ1) is 13.9. The van der Waals surface area contributed by atoms with Crippen molar-refractivity contribution in [2.24, 2.45) is 5.41 Å². The fraction of sp³-hybridized carbons (Fsp3) is 0.533. The maximum absolute atomic E-state index is 12.0. The number of rotatable bonds is 4. The predicted octanol–water partition coefficient (Wildman–Crippen LogP) is 1.86. The average molecular weight is 263 g/mol. The van der Waals surface area contributed by atoms with Gasteiger partial charge in [-0.15, -0.1) is 0 Å². The monoisotopic (exact) mass is 263 g/mol. The summed E-state index contributed by atoms with van der Waals surface area (Å²) in [7, 11) is 1.70. The summed E-state index contributed by atoms with van der Waals surface area (Å²) in [6.45, 7) is 4.19. The summed E-state index contributed by atoms with van der Waals surface area (Å²) in [5, 5.41) is 12.7. The van der Waals surface area contributed by atoms with E-state index in [2.05, 4.69) is 19.2 Å². The SMILES string of the molecule is COC1CC(NC(=O)Cc2ccccc2O)C1(C)C. The van der Waals surface area contributed by atoms with Crippen LogP contribution >= 0.6 is 0 Å². The first-order valence-corrected chi connectivity index (χ1v) is 6.54. The van der Waals surface area contributed by atoms with Crippen molar-refractivity contribution >= 4 is 5.91 Å². The van der Waals surface area contributed by atoms with Crippen molar-refractivity contribution in [2.75, 3.05) is 7.11 Å². The van der Waals surface area contributed by atoms with Crippen molar-refractivity contribution in [3.05, 3.63) is 29.8 Å². The molecule has 2 N–H and O–H groups in total. The van der Waals surface area contributed by atoms with Gasteiger partial charge < -0.3 is 15.2 Å². The number of hydrogen-bond acceptors (Lipinski definition) is 3. The van der Waals surface area contributed by atoms with E-state index in [1.807, 2.05) is 6.07 Å². The highest BCUT2D eigenvalue weighted by Gasteiger charge is 2.49. The molecule has 2 unspecified atom stereocenters. The second kappa shape index (κ2) is 5.21. The molecule has 1 aliphatic carbocycles. The summed E-state index contributed by atoms with van der Waals surface area (Å²) in [6.07, 6.45) is 1.25. The zero-order valence-electron chi connectivity index (χ0n) is 11.6. The van der Waals surface area contributed by atoms with Gasteiger partial charge in [0.15, 0.2) is 0 Å². The number of para-hydroxylation sites is 1. The molecule has 104 valence electrons. The van der Waals surface area contributed by atoms with Crippen LogP contribution in [-0.4, -0.2) is 30.3 Å². The maximum Gasteiger partial charge on any atom is 0.224 e. The molecule has 1 aromatic rings. The zero-order chi connectivity index (χ0) is 14.0. The van der Waals surface area contributed by atoms with Gasteiger partial charge in [-0.2, -0.15) is 0 Å². The molecule has 0 bridgehead atoms. The number of aromatic hydroxyl groups is 1. The van der Waals surface area contributed by atoms with Crippen molar-refractivity contribution in [1.29, 1.82) is 0 Å². The Hall–Kier alpha value is -1.55. The van der Waals surface area contributed by atoms with Crippen molar-refractivity contribution in [2.45, 2.75) is 38.8 Å². The fourth-order valence-corrected chi connectivity index (χ4v) is 2.61. The highest BCUT2D eigenvalue weighted by Crippen LogP contribution is 2.42. The van der Waals surface area contributed by atoms with Crippen LogP contribution in [0, 0.1) is 5.41 Å². The minimum Gasteiger partial charge on any atom is -0.508 e. The number of nitrogens with one attached hydrogen (secondary N) is 1. The second-order valence-corrected chi connectivity index (χ2v) is 5.71. The number of methoxy groups -OCH3 is 1. The summed E-state index contributed by atoms with van der Waals surface area (Å²) in [4.78, 5) is 12.0. The smallest absolute Gasteiger partial charge is 0.224 e. The van der Waals surface area contributed by atoms with Crippen LogP contribution in [0.2, 0.25) is 0 Å². The van der Waals surface area contributed by atoms with Gasteiger partial charge in [0.1, 0.15) is 5.75 Å². The number of phenols is 1. The first-order valence-electron chi connectivity index (χ1n) is 6.54. The van der Waals surface area contributed by atoms with E-state index in [-0.39, 0.29) is 35.6 Å². The molecule has 4 heteroatoms. The Morgan fingerprint density at radius 1 is 1.47 bits per heavy atom. The van der Waals surface area contributed by atoms with E-state index < -0.39 is 0 Å². The van der Waals surface area contributed by atoms with Gasteiger partial charge in [-0.25, -0.2) is 0 Å². The van der Waals surface area contributed by atoms with Crippen molar-refractivity contribution in [3.63, 3.8) is 0 Å². The van der Waals surface area contributed by atoms with Gasteiger partial charge in [-0.05, 0) is 12.5 Å². The molecule has 2 atom stereocenters. The molecule has 0 spiro atoms. The molecule has 1 aliphatic rings. The maximum atomic E-state index is 12.0. The van der Waals surface area contributed by atoms with E-state index in [1.165, 1.54) is 0 Å². The van der Waals surface area contributed by atoms with Crippen LogP contribution in [0.3, 0.4) is 0 Å². The number of amides is 1. The summed E-state index contributed by atoms with van der Waals surface area (Å²) in [5.74, 6) is 0.106. The van der Waals surface area contributed by atoms with Crippen LogP contribution in [0.15, 0.2) is 24.3 Å². The van der Waals surface area contributed by atoms with E-state index in [0.29, 0.717) is 5.56 Å². The number of phenolic OH excluding ortho intramolecular Hbond substituents is 1. The van der Waals surface area contributed by atoms with E-state index in [0.717, 1.165) is 6.42 Å². The number of carbonyl (C=O) groups excluding carboxylic acids is 1. The van der Waals surface area contributed by atoms with Crippen LogP contribution in [-0.2, 0) is 16.0 Å². The predicted molar refractivity (Wildman–Crippen MR) is 72.9 cm³/mol. The van der Waals surface area contributed by atoms with Crippen molar-refractivity contribution in [3.8, 4) is 5.75 Å². The zero-order valence-corrected chi connectivity index (χ0v) is 11.6. The van der Waals surface area contributed by atoms with E-state index in [4.69, 9.17) is 4.74 Å². The number of hydrogen-bond donors (Lipinski definition) is 2. The second-order valence-electron chi connectivity index (χ2n) is 5.71. The number of ether oxygens (including phenoxy) is 1. The van der Waals surface area contributed by atoms with Crippen LogP contribution in [0.25, 0.3) is 0 Å². The third kappa shape index (κ3) is 2.73. The highest BCUT2D eigenvalue weighted by molar-refractivity contribution is 5.79. The Balaban J connectivity index is 1.91. The van der Waals surface area contributed by atoms with Crippen LogP contribution < -0.4 is 5.32 Å². The van der Waals surface area contributed by atoms with Gasteiger partial charge >= 0.3 is 0 Å².